The number of nitrogen functional groups attached to an aromatic ring is 2. The van der Waals surface area contributed by atoms with Gasteiger partial charge in [0.15, 0.2) is 23.1 Å². The van der Waals surface area contributed by atoms with Crippen LogP contribution in [0.25, 0.3) is 44.1 Å². The summed E-state index contributed by atoms with van der Waals surface area (Å²) in [4.78, 5) is 108. The molecule has 4 aromatic heterocycles. The summed E-state index contributed by atoms with van der Waals surface area (Å²) in [6.07, 6.45) is 6.16. The second-order valence-electron chi connectivity index (χ2n) is 30.2. The summed E-state index contributed by atoms with van der Waals surface area (Å²) in [5.41, 5.74) is 5.52. The number of aryl methyl sites for hydroxylation is 2. The zero-order chi connectivity index (χ0) is 89.4. The molecule has 12 aromatic rings. The minimum Gasteiger partial charge on any atom is -0.368 e. The topological polar surface area (TPSA) is 640 Å². The van der Waals surface area contributed by atoms with E-state index in [-0.39, 0.29) is 125 Å². The van der Waals surface area contributed by atoms with Crippen molar-refractivity contribution in [3.8, 4) is 22.3 Å². The predicted octanol–water partition coefficient (Wildman–Crippen LogP) is 9.30. The van der Waals surface area contributed by atoms with E-state index in [1.165, 1.54) is 111 Å². The molecular formula is C79H68N16O24S6. The highest BCUT2D eigenvalue weighted by Crippen LogP contribution is 2.49. The number of aromatic nitrogens is 8. The van der Waals surface area contributed by atoms with Gasteiger partial charge in [0, 0.05) is 70.3 Å². The maximum absolute atomic E-state index is 14.9. The fourth-order valence-corrected chi connectivity index (χ4v) is 20.7. The average Bonchev–Trinajstić information content (AvgIpc) is 0.708. The molecule has 4 aliphatic rings. The van der Waals surface area contributed by atoms with E-state index in [1.807, 2.05) is 0 Å². The Morgan fingerprint density at radius 1 is 0.384 bits per heavy atom. The van der Waals surface area contributed by atoms with Crippen molar-refractivity contribution in [1.82, 2.24) is 39.0 Å². The van der Waals surface area contributed by atoms with Gasteiger partial charge in [-0.25, -0.2) is 0 Å². The Bertz CT molecular complexity index is 7220. The standard InChI is InChI=1S/C79H68N16O24S6/c1-94-54-25-23-48(62-64(54)60(44-19-3-5-21-46(44)70(62)98)66(72(94)100)68(96)38-13-9-17-42(30-38)120(102,103)104)84-50-32-52(58(124(114,115)116)34-56(50)122(108,109)110)86-78-90-74(80)88-76(92-78)82-40-15-7-11-36(28-40)27-37-12-8-16-41(29-37)83-77-89-75(81)91-79(93-77)87-53-33-51(57(123(111,112)113)35-59(53)125(117,118)119)85-49-24-26-55-65-61(45-20-4-6-22-47(45)71(99)63(49)65)67(73(101)95(55)2)69(97)39-14-10-18-43(31-39)121(105,106)107/h3-6,9-10,13-14,17-26,30-37,40-41,84-85H,7-8,11-12,15-16,27-29H2,1-2H3,(H,102,103,104)(H,105,106,107)(H,108,109,110)(H,111,112,113)(H,114,115,116)(H,117,118,119)(H4,80,82,86,88,90,92)(H4,81,83,87,89,91,93). The lowest BCUT2D eigenvalue weighted by atomic mass is 9.75. The molecule has 46 heteroatoms. The highest BCUT2D eigenvalue weighted by atomic mass is 32.2. The van der Waals surface area contributed by atoms with Crippen LogP contribution in [-0.4, -0.2) is 152 Å². The van der Waals surface area contributed by atoms with Gasteiger partial charge in [0.25, 0.3) is 71.8 Å². The Labute approximate surface area is 708 Å². The number of pyridine rings is 2. The fraction of sp³-hybridized carbons (Fsp3) is 0.190. The summed E-state index contributed by atoms with van der Waals surface area (Å²) in [6, 6.07) is 27.4. The van der Waals surface area contributed by atoms with E-state index in [0.717, 1.165) is 77.6 Å². The Hall–Kier alpha value is -13.3. The smallest absolute Gasteiger partial charge is 0.296 e. The van der Waals surface area contributed by atoms with E-state index >= 15 is 0 Å². The van der Waals surface area contributed by atoms with Crippen molar-refractivity contribution in [2.24, 2.45) is 25.9 Å². The second-order valence-corrected chi connectivity index (χ2v) is 38.6. The van der Waals surface area contributed by atoms with Crippen LogP contribution in [-0.2, 0) is 74.8 Å². The van der Waals surface area contributed by atoms with Gasteiger partial charge in [-0.15, -0.1) is 0 Å². The maximum Gasteiger partial charge on any atom is 0.296 e. The number of anilines is 12. The first kappa shape index (κ1) is 85.3. The summed E-state index contributed by atoms with van der Waals surface area (Å²) < 4.78 is 220. The molecule has 4 atom stereocenters. The molecule has 125 heavy (non-hydrogen) atoms. The van der Waals surface area contributed by atoms with E-state index in [4.69, 9.17) is 11.5 Å². The quantitative estimate of drug-likeness (QED) is 0.0198. The van der Waals surface area contributed by atoms with Gasteiger partial charge in [-0.05, 0) is 128 Å². The van der Waals surface area contributed by atoms with E-state index in [9.17, 15) is 107 Å². The number of hydrogen-bond acceptors (Lipinski definition) is 32. The fourth-order valence-electron chi connectivity index (χ4n) is 16.9. The van der Waals surface area contributed by atoms with E-state index < -0.39 is 182 Å². The van der Waals surface area contributed by atoms with Crippen LogP contribution in [0.5, 0.6) is 0 Å². The van der Waals surface area contributed by atoms with Gasteiger partial charge < -0.3 is 52.5 Å². The molecule has 2 saturated carbocycles. The lowest BCUT2D eigenvalue weighted by molar-refractivity contribution is 0.102. The third-order valence-electron chi connectivity index (χ3n) is 22.2. The number of rotatable bonds is 24. The summed E-state index contributed by atoms with van der Waals surface area (Å²) in [5.74, 6) is -5.20. The van der Waals surface area contributed by atoms with Crippen LogP contribution in [0.15, 0.2) is 185 Å². The molecule has 8 aromatic carbocycles. The van der Waals surface area contributed by atoms with Gasteiger partial charge >= 0.3 is 0 Å². The molecule has 40 nitrogen and oxygen atoms in total. The third-order valence-corrected chi connectivity index (χ3v) is 27.5. The predicted molar refractivity (Wildman–Crippen MR) is 453 cm³/mol. The monoisotopic (exact) mass is 1820 g/mol. The molecule has 0 bridgehead atoms. The van der Waals surface area contributed by atoms with Gasteiger partial charge in [0.2, 0.25) is 35.7 Å². The number of nitrogens with one attached hydrogen (secondary N) is 6. The van der Waals surface area contributed by atoms with Crippen molar-refractivity contribution in [1.29, 1.82) is 0 Å². The van der Waals surface area contributed by atoms with E-state index in [0.29, 0.717) is 37.8 Å². The maximum atomic E-state index is 14.9. The second kappa shape index (κ2) is 31.5. The lowest BCUT2D eigenvalue weighted by Gasteiger charge is -2.35. The first-order valence-electron chi connectivity index (χ1n) is 37.7. The van der Waals surface area contributed by atoms with E-state index in [1.54, 1.807) is 0 Å². The van der Waals surface area contributed by atoms with Gasteiger partial charge in [-0.2, -0.15) is 80.4 Å². The molecule has 4 aliphatic carbocycles. The number of benzene rings is 8. The number of hydrogen-bond donors (Lipinski definition) is 14. The zero-order valence-electron chi connectivity index (χ0n) is 64.7. The number of fused-ring (bicyclic) bond motifs is 4. The summed E-state index contributed by atoms with van der Waals surface area (Å²) >= 11 is 0. The largest absolute Gasteiger partial charge is 0.368 e. The normalized spacial score (nSPS) is 16.5. The first-order chi connectivity index (χ1) is 58.9. The Balaban J connectivity index is 0.636. The number of nitrogens with zero attached hydrogens (tertiary/aromatic N) is 8. The highest BCUT2D eigenvalue weighted by molar-refractivity contribution is 7.87. The van der Waals surface area contributed by atoms with Crippen molar-refractivity contribution in [3.05, 3.63) is 211 Å². The highest BCUT2D eigenvalue weighted by Gasteiger charge is 2.40. The molecule has 16 N–H and O–H groups in total. The molecule has 16 rings (SSSR count). The molecular weight excluding hydrogens is 1750 g/mol. The summed E-state index contributed by atoms with van der Waals surface area (Å²) in [5, 5.41) is 17.4. The van der Waals surface area contributed by atoms with Gasteiger partial charge in [-0.3, -0.25) is 56.1 Å². The molecule has 0 radical (unpaired) electrons. The minimum absolute atomic E-state index is 0.0356. The minimum atomic E-state index is -5.48. The van der Waals surface area contributed by atoms with Crippen LogP contribution in [0.3, 0.4) is 0 Å². The molecule has 4 unspecified atom stereocenters. The van der Waals surface area contributed by atoms with Crippen LogP contribution in [0.1, 0.15) is 121 Å². The average molecular weight is 1820 g/mol. The zero-order valence-corrected chi connectivity index (χ0v) is 69.6. The first-order valence-corrected chi connectivity index (χ1v) is 46.3. The van der Waals surface area contributed by atoms with Crippen LogP contribution >= 0.6 is 0 Å². The van der Waals surface area contributed by atoms with E-state index in [2.05, 4.69) is 61.8 Å². The van der Waals surface area contributed by atoms with Crippen LogP contribution < -0.4 is 54.5 Å². The SMILES string of the molecule is Cn1c(=O)c(C(=O)c2cccc(S(=O)(=O)O)c2)c2c3c(c(Nc4cc(Nc5nc(N)nc(NC6CCCC(CC7CCCC(Nc8nc(N)nc(Nc9cc(Nc%10ccc%11c%12c%10C(=O)c%10ccccc%10-c%12c(C(=O)c%10cccc(S(=O)(=O)O)c%10)c(=O)n%11C)c(S(=O)(=O)O)cc9S(=O)(=O)O)n8)C7)C6)n5)c(S(=O)(=O)O)cc4S(=O)(=O)O)ccc31)C(=O)c1ccccc1-2. The van der Waals surface area contributed by atoms with Crippen LogP contribution in [0.4, 0.5) is 69.8 Å². The van der Waals surface area contributed by atoms with Gasteiger partial charge in [0.05, 0.1) is 77.2 Å². The van der Waals surface area contributed by atoms with Crippen molar-refractivity contribution < 1.29 is 97.0 Å². The van der Waals surface area contributed by atoms with Crippen molar-refractivity contribution in [2.45, 2.75) is 99.2 Å². The lowest BCUT2D eigenvalue weighted by Crippen LogP contribution is -2.32. The van der Waals surface area contributed by atoms with Crippen LogP contribution in [0.2, 0.25) is 0 Å². The van der Waals surface area contributed by atoms with Gasteiger partial charge in [0.1, 0.15) is 19.6 Å². The third kappa shape index (κ3) is 16.4. The summed E-state index contributed by atoms with van der Waals surface area (Å²) in [6.45, 7) is 0. The molecule has 2 fully saturated rings. The Kier molecular flexibility index (Phi) is 21.5. The Morgan fingerprint density at radius 2 is 0.728 bits per heavy atom. The molecule has 4 heterocycles. The summed E-state index contributed by atoms with van der Waals surface area (Å²) in [7, 11) is -29.0. The number of ketones is 4. The molecule has 0 aliphatic heterocycles. The van der Waals surface area contributed by atoms with Crippen molar-refractivity contribution in [2.75, 3.05) is 43.4 Å². The molecule has 0 amide bonds. The van der Waals surface area contributed by atoms with Crippen LogP contribution in [0, 0.1) is 11.8 Å². The number of nitrogens with two attached hydrogens (primary N) is 2. The van der Waals surface area contributed by atoms with Gasteiger partial charge in [-0.1, -0.05) is 98.5 Å². The number of carbonyl (C=O) groups is 4. The van der Waals surface area contributed by atoms with Crippen molar-refractivity contribution >= 4 is 175 Å². The number of carbonyl (C=O) groups excluding carboxylic acids is 4. The van der Waals surface area contributed by atoms with Crippen molar-refractivity contribution in [3.63, 3.8) is 0 Å². The molecule has 0 saturated heterocycles. The molecule has 644 valence electrons. The Morgan fingerprint density at radius 3 is 1.08 bits per heavy atom. The molecule has 0 spiro atoms.